The maximum absolute atomic E-state index is 11.2. The van der Waals surface area contributed by atoms with Gasteiger partial charge in [-0.3, -0.25) is 4.79 Å². The summed E-state index contributed by atoms with van der Waals surface area (Å²) in [4.78, 5) is 11.2. The first kappa shape index (κ1) is 11.5. The van der Waals surface area contributed by atoms with Gasteiger partial charge in [0.1, 0.15) is 0 Å². The summed E-state index contributed by atoms with van der Waals surface area (Å²) in [6.07, 6.45) is 2.80. The summed E-state index contributed by atoms with van der Waals surface area (Å²) in [6.45, 7) is 3.69. The van der Waals surface area contributed by atoms with E-state index in [9.17, 15) is 4.79 Å². The van der Waals surface area contributed by atoms with Crippen LogP contribution in [0.4, 0.5) is 0 Å². The molecule has 3 N–H and O–H groups in total. The average molecular weight is 200 g/mol. The lowest BCUT2D eigenvalue weighted by Gasteiger charge is -2.07. The predicted octanol–water partition coefficient (Wildman–Crippen LogP) is -0.127. The van der Waals surface area contributed by atoms with Crippen LogP contribution in [0.15, 0.2) is 0 Å². The number of aliphatic hydroxyl groups excluding tert-OH is 1. The van der Waals surface area contributed by atoms with Gasteiger partial charge < -0.3 is 15.7 Å². The van der Waals surface area contributed by atoms with Crippen molar-refractivity contribution in [3.8, 4) is 0 Å². The minimum absolute atomic E-state index is 0.159. The Bertz CT molecular complexity index is 179. The van der Waals surface area contributed by atoms with Gasteiger partial charge in [-0.2, -0.15) is 0 Å². The summed E-state index contributed by atoms with van der Waals surface area (Å²) in [6, 6.07) is 0. The molecule has 1 amide bonds. The van der Waals surface area contributed by atoms with Crippen molar-refractivity contribution in [3.63, 3.8) is 0 Å². The van der Waals surface area contributed by atoms with Crippen LogP contribution in [-0.2, 0) is 4.79 Å². The first-order chi connectivity index (χ1) is 6.68. The standard InChI is InChI=1S/C10H20N2O2/c1-8(13)7-11-4-5-12-10(14)6-9-2-3-9/h8-9,11,13H,2-7H2,1H3,(H,12,14). The summed E-state index contributed by atoms with van der Waals surface area (Å²) in [5.41, 5.74) is 0. The molecule has 14 heavy (non-hydrogen) atoms. The maximum Gasteiger partial charge on any atom is 0.220 e. The smallest absolute Gasteiger partial charge is 0.220 e. The Morgan fingerprint density at radius 3 is 2.79 bits per heavy atom. The fraction of sp³-hybridized carbons (Fsp3) is 0.900. The molecule has 1 fully saturated rings. The monoisotopic (exact) mass is 200 g/mol. The summed E-state index contributed by atoms with van der Waals surface area (Å²) in [5.74, 6) is 0.812. The Hall–Kier alpha value is -0.610. The lowest BCUT2D eigenvalue weighted by molar-refractivity contribution is -0.121. The van der Waals surface area contributed by atoms with Crippen molar-refractivity contribution in [1.29, 1.82) is 0 Å². The molecule has 1 aliphatic carbocycles. The molecule has 0 heterocycles. The Morgan fingerprint density at radius 2 is 2.21 bits per heavy atom. The normalized spacial score (nSPS) is 17.9. The van der Waals surface area contributed by atoms with Gasteiger partial charge >= 0.3 is 0 Å². The van der Waals surface area contributed by atoms with E-state index in [1.807, 2.05) is 0 Å². The van der Waals surface area contributed by atoms with Crippen molar-refractivity contribution < 1.29 is 9.90 Å². The zero-order valence-electron chi connectivity index (χ0n) is 8.75. The molecule has 1 aliphatic rings. The van der Waals surface area contributed by atoms with Crippen molar-refractivity contribution in [2.75, 3.05) is 19.6 Å². The van der Waals surface area contributed by atoms with E-state index >= 15 is 0 Å². The number of hydrogen-bond donors (Lipinski definition) is 3. The molecule has 1 saturated carbocycles. The molecule has 1 unspecified atom stereocenters. The SMILES string of the molecule is CC(O)CNCCNC(=O)CC1CC1. The number of nitrogens with one attached hydrogen (secondary N) is 2. The number of carbonyl (C=O) groups is 1. The first-order valence-corrected chi connectivity index (χ1v) is 5.34. The molecule has 0 spiro atoms. The molecule has 0 aromatic rings. The maximum atomic E-state index is 11.2. The van der Waals surface area contributed by atoms with Crippen LogP contribution in [-0.4, -0.2) is 36.8 Å². The number of hydrogen-bond acceptors (Lipinski definition) is 3. The van der Waals surface area contributed by atoms with E-state index < -0.39 is 0 Å². The number of aliphatic hydroxyl groups is 1. The van der Waals surface area contributed by atoms with Crippen LogP contribution in [0.2, 0.25) is 0 Å². The molecule has 0 bridgehead atoms. The molecule has 0 saturated heterocycles. The molecule has 0 aromatic heterocycles. The zero-order chi connectivity index (χ0) is 10.4. The molecule has 0 radical (unpaired) electrons. The van der Waals surface area contributed by atoms with Gasteiger partial charge in [0.2, 0.25) is 5.91 Å². The Labute approximate surface area is 85.1 Å². The van der Waals surface area contributed by atoms with E-state index in [0.29, 0.717) is 25.4 Å². The van der Waals surface area contributed by atoms with Crippen LogP contribution in [0.25, 0.3) is 0 Å². The van der Waals surface area contributed by atoms with E-state index in [2.05, 4.69) is 10.6 Å². The third-order valence-electron chi connectivity index (χ3n) is 2.23. The van der Waals surface area contributed by atoms with Gasteiger partial charge in [0.15, 0.2) is 0 Å². The molecular weight excluding hydrogens is 180 g/mol. The van der Waals surface area contributed by atoms with Crippen molar-refractivity contribution >= 4 is 5.91 Å². The van der Waals surface area contributed by atoms with Crippen LogP contribution in [0, 0.1) is 5.92 Å². The average Bonchev–Trinajstić information content (AvgIpc) is 2.87. The lowest BCUT2D eigenvalue weighted by Crippen LogP contribution is -2.34. The van der Waals surface area contributed by atoms with Crippen molar-refractivity contribution in [2.45, 2.75) is 32.3 Å². The Morgan fingerprint density at radius 1 is 1.50 bits per heavy atom. The Kier molecular flexibility index (Phi) is 4.90. The Balaban J connectivity index is 1.84. The molecule has 1 atom stereocenters. The van der Waals surface area contributed by atoms with Gasteiger partial charge in [-0.25, -0.2) is 0 Å². The van der Waals surface area contributed by atoms with Gasteiger partial charge in [-0.1, -0.05) is 0 Å². The number of carbonyl (C=O) groups excluding carboxylic acids is 1. The number of amides is 1. The summed E-state index contributed by atoms with van der Waals surface area (Å²) < 4.78 is 0. The molecule has 4 nitrogen and oxygen atoms in total. The highest BCUT2D eigenvalue weighted by atomic mass is 16.3. The summed E-state index contributed by atoms with van der Waals surface area (Å²) in [5, 5.41) is 14.8. The second kappa shape index (κ2) is 5.98. The minimum Gasteiger partial charge on any atom is -0.392 e. The highest BCUT2D eigenvalue weighted by Gasteiger charge is 2.23. The third-order valence-corrected chi connectivity index (χ3v) is 2.23. The van der Waals surface area contributed by atoms with Crippen molar-refractivity contribution in [2.24, 2.45) is 5.92 Å². The van der Waals surface area contributed by atoms with Crippen LogP contribution in [0.3, 0.4) is 0 Å². The molecule has 0 aromatic carbocycles. The highest BCUT2D eigenvalue weighted by Crippen LogP contribution is 2.31. The molecule has 4 heteroatoms. The summed E-state index contributed by atoms with van der Waals surface area (Å²) >= 11 is 0. The predicted molar refractivity (Wildman–Crippen MR) is 54.9 cm³/mol. The quantitative estimate of drug-likeness (QED) is 0.502. The minimum atomic E-state index is -0.322. The number of rotatable bonds is 7. The van der Waals surface area contributed by atoms with E-state index in [1.54, 1.807) is 6.92 Å². The molecule has 82 valence electrons. The van der Waals surface area contributed by atoms with Gasteiger partial charge in [0.05, 0.1) is 6.10 Å². The van der Waals surface area contributed by atoms with Crippen LogP contribution in [0.5, 0.6) is 0 Å². The van der Waals surface area contributed by atoms with E-state index in [0.717, 1.165) is 6.54 Å². The second-order valence-electron chi connectivity index (χ2n) is 4.05. The van der Waals surface area contributed by atoms with E-state index in [4.69, 9.17) is 5.11 Å². The van der Waals surface area contributed by atoms with Gasteiger partial charge in [0, 0.05) is 26.1 Å². The van der Waals surface area contributed by atoms with Gasteiger partial charge in [-0.05, 0) is 25.7 Å². The van der Waals surface area contributed by atoms with E-state index in [1.165, 1.54) is 12.8 Å². The molecule has 1 rings (SSSR count). The summed E-state index contributed by atoms with van der Waals surface area (Å²) in [7, 11) is 0. The van der Waals surface area contributed by atoms with E-state index in [-0.39, 0.29) is 12.0 Å². The molecule has 0 aliphatic heterocycles. The molecular formula is C10H20N2O2. The fourth-order valence-corrected chi connectivity index (χ4v) is 1.26. The fourth-order valence-electron chi connectivity index (χ4n) is 1.26. The topological polar surface area (TPSA) is 61.4 Å². The highest BCUT2D eigenvalue weighted by molar-refractivity contribution is 5.76. The van der Waals surface area contributed by atoms with Gasteiger partial charge in [0.25, 0.3) is 0 Å². The third kappa shape index (κ3) is 5.94. The largest absolute Gasteiger partial charge is 0.392 e. The van der Waals surface area contributed by atoms with Crippen LogP contribution >= 0.6 is 0 Å². The first-order valence-electron chi connectivity index (χ1n) is 5.34. The van der Waals surface area contributed by atoms with Crippen molar-refractivity contribution in [1.82, 2.24) is 10.6 Å². The van der Waals surface area contributed by atoms with Crippen molar-refractivity contribution in [3.05, 3.63) is 0 Å². The van der Waals surface area contributed by atoms with Crippen LogP contribution in [0.1, 0.15) is 26.2 Å². The zero-order valence-corrected chi connectivity index (χ0v) is 8.75. The lowest BCUT2D eigenvalue weighted by atomic mass is 10.3. The van der Waals surface area contributed by atoms with Gasteiger partial charge in [-0.15, -0.1) is 0 Å². The van der Waals surface area contributed by atoms with Crippen LogP contribution < -0.4 is 10.6 Å². The second-order valence-corrected chi connectivity index (χ2v) is 4.05.